The van der Waals surface area contributed by atoms with E-state index in [0.29, 0.717) is 5.92 Å². The molecule has 6 rings (SSSR count). The molecule has 2 heteroatoms. The van der Waals surface area contributed by atoms with Crippen molar-refractivity contribution in [2.24, 2.45) is 0 Å². The summed E-state index contributed by atoms with van der Waals surface area (Å²) in [6, 6.07) is 39.6. The monoisotopic (exact) mass is 602 g/mol. The number of benzene rings is 4. The smallest absolute Gasteiger partial charge is 0.0771 e. The molecule has 0 unspecified atom stereocenters. The average molecular weight is 604 g/mol. The van der Waals surface area contributed by atoms with Crippen LogP contribution in [-0.2, 0) is 28.8 Å². The third kappa shape index (κ3) is 7.36. The summed E-state index contributed by atoms with van der Waals surface area (Å²) in [4.78, 5) is 0. The average Bonchev–Trinajstić information content (AvgIpc) is 3.52. The van der Waals surface area contributed by atoms with Crippen molar-refractivity contribution >= 4 is 39.2 Å². The molecule has 0 amide bonds. The van der Waals surface area contributed by atoms with Gasteiger partial charge in [0.1, 0.15) is 0 Å². The Morgan fingerprint density at radius 2 is 1.10 bits per heavy atom. The molecule has 0 aliphatic rings. The normalized spacial score (nSPS) is 10.7. The van der Waals surface area contributed by atoms with Crippen molar-refractivity contribution in [3.05, 3.63) is 135 Å². The summed E-state index contributed by atoms with van der Waals surface area (Å²) < 4.78 is 0. The molecule has 0 N–H and O–H groups in total. The van der Waals surface area contributed by atoms with Crippen LogP contribution in [0.2, 0.25) is 0 Å². The van der Waals surface area contributed by atoms with E-state index in [1.54, 1.807) is 0 Å². The molecule has 0 aliphatic heterocycles. The van der Waals surface area contributed by atoms with Gasteiger partial charge < -0.3 is 14.9 Å². The summed E-state index contributed by atoms with van der Waals surface area (Å²) in [7, 11) is 0. The standard InChI is InChI=1S/C22H25.C13H9.2CH3.Si.Zr/c1-15(2)18-13-17-7-6-8-20(21(17)14-18)16-9-11-19(12-10-16)22(3,4)5;1-3-7-12-10(5-1)9-11-6-2-4-8-13(11)12;;;;/h6-15H,1-5H3;1-9H;2*1H3;;/q4*-1;;. The molecule has 0 spiro atoms. The number of fused-ring (bicyclic) bond motifs is 4. The molecule has 0 fully saturated rings. The van der Waals surface area contributed by atoms with Gasteiger partial charge in [-0.05, 0) is 22.5 Å². The third-order valence-corrected chi connectivity index (χ3v) is 7.02. The van der Waals surface area contributed by atoms with Gasteiger partial charge in [-0.3, -0.25) is 0 Å². The van der Waals surface area contributed by atoms with Crippen LogP contribution < -0.4 is 0 Å². The van der Waals surface area contributed by atoms with Crippen molar-refractivity contribution in [1.82, 2.24) is 0 Å². The van der Waals surface area contributed by atoms with Gasteiger partial charge in [0.15, 0.2) is 0 Å². The van der Waals surface area contributed by atoms with Crippen LogP contribution in [0.5, 0.6) is 0 Å². The molecule has 6 aromatic rings. The quantitative estimate of drug-likeness (QED) is 0.136. The van der Waals surface area contributed by atoms with Crippen molar-refractivity contribution < 1.29 is 23.3 Å². The molecule has 0 atom stereocenters. The summed E-state index contributed by atoms with van der Waals surface area (Å²) >= 11 is 1.36. The summed E-state index contributed by atoms with van der Waals surface area (Å²) in [5.41, 5.74) is 5.65. The zero-order valence-corrected chi connectivity index (χ0v) is 27.9. The van der Waals surface area contributed by atoms with Crippen LogP contribution in [0.1, 0.15) is 51.7 Å². The third-order valence-electron chi connectivity index (χ3n) is 7.02. The second kappa shape index (κ2) is 14.2. The summed E-state index contributed by atoms with van der Waals surface area (Å²) in [5, 5.41) is 8.11. The summed E-state index contributed by atoms with van der Waals surface area (Å²) in [6.45, 7) is 14.4. The Hall–Kier alpha value is -2.54. The molecule has 0 heterocycles. The Kier molecular flexibility index (Phi) is 11.9. The minimum Gasteiger partial charge on any atom is -0.126 e. The molecule has 0 aliphatic carbocycles. The first-order chi connectivity index (χ1) is 17.8. The first-order valence-corrected chi connectivity index (χ1v) is 17.1. The number of hydrogen-bond donors (Lipinski definition) is 0. The summed E-state index contributed by atoms with van der Waals surface area (Å²) in [6.07, 6.45) is 0. The van der Waals surface area contributed by atoms with Gasteiger partial charge in [0.05, 0.1) is 0 Å². The van der Waals surface area contributed by atoms with Crippen LogP contribution in [0, 0.1) is 14.9 Å². The van der Waals surface area contributed by atoms with E-state index in [2.05, 4.69) is 151 Å². The van der Waals surface area contributed by atoms with Gasteiger partial charge in [0.25, 0.3) is 0 Å². The molecule has 0 nitrogen and oxygen atoms in total. The first-order valence-electron chi connectivity index (χ1n) is 12.9. The van der Waals surface area contributed by atoms with Gasteiger partial charge in [0.2, 0.25) is 0 Å². The predicted octanol–water partition coefficient (Wildman–Crippen LogP) is 10.9. The van der Waals surface area contributed by atoms with Gasteiger partial charge >= 0.3 is 30.2 Å². The van der Waals surface area contributed by atoms with Gasteiger partial charge in [-0.2, -0.15) is 6.07 Å². The van der Waals surface area contributed by atoms with Crippen LogP contribution >= 0.6 is 0 Å². The number of hydrogen-bond acceptors (Lipinski definition) is 0. The fraction of sp³-hybridized carbons (Fsp3) is 0.189. The fourth-order valence-electron chi connectivity index (χ4n) is 4.90. The molecule has 0 saturated carbocycles. The number of rotatable bonds is 2. The van der Waals surface area contributed by atoms with Crippen molar-refractivity contribution in [1.29, 1.82) is 0 Å². The van der Waals surface area contributed by atoms with Crippen LogP contribution in [0.15, 0.2) is 109 Å². The second-order valence-corrected chi connectivity index (χ2v) is 10.9. The maximum Gasteiger partial charge on any atom is -0.0771 e. The van der Waals surface area contributed by atoms with E-state index in [4.69, 9.17) is 0 Å². The van der Waals surface area contributed by atoms with E-state index < -0.39 is 0 Å². The molecule has 39 heavy (non-hydrogen) atoms. The van der Waals surface area contributed by atoms with E-state index in [-0.39, 0.29) is 20.3 Å². The Morgan fingerprint density at radius 1 is 0.615 bits per heavy atom. The predicted molar refractivity (Wildman–Crippen MR) is 173 cm³/mol. The fourth-order valence-corrected chi connectivity index (χ4v) is 4.90. The van der Waals surface area contributed by atoms with Crippen LogP contribution in [-0.4, -0.2) is 6.88 Å². The van der Waals surface area contributed by atoms with E-state index in [0.717, 1.165) is 0 Å². The Bertz CT molecular complexity index is 1560. The zero-order valence-electron chi connectivity index (χ0n) is 24.5. The largest absolute Gasteiger partial charge is 0.126 e. The molecule has 6 aromatic carbocycles. The van der Waals surface area contributed by atoms with Gasteiger partial charge in [-0.15, -0.1) is 74.3 Å². The van der Waals surface area contributed by atoms with Crippen molar-refractivity contribution in [3.8, 4) is 11.1 Å². The molecular weight excluding hydrogens is 564 g/mol. The minimum absolute atomic E-state index is 0. The van der Waals surface area contributed by atoms with E-state index in [1.807, 2.05) is 0 Å². The Morgan fingerprint density at radius 3 is 1.62 bits per heavy atom. The van der Waals surface area contributed by atoms with Crippen molar-refractivity contribution in [2.75, 3.05) is 0 Å². The van der Waals surface area contributed by atoms with Gasteiger partial charge in [-0.25, -0.2) is 0 Å². The van der Waals surface area contributed by atoms with E-state index in [1.165, 1.54) is 77.9 Å². The van der Waals surface area contributed by atoms with Gasteiger partial charge in [0, 0.05) is 0 Å². The molecular formula is C37H40SiZr-4. The van der Waals surface area contributed by atoms with Crippen molar-refractivity contribution in [3.63, 3.8) is 0 Å². The molecule has 2 radical (unpaired) electrons. The molecule has 0 saturated heterocycles. The minimum atomic E-state index is 0. The Labute approximate surface area is 253 Å². The summed E-state index contributed by atoms with van der Waals surface area (Å²) in [5.74, 6) is 0.573. The first kappa shape index (κ1) is 32.7. The maximum absolute atomic E-state index is 3.06. The molecule has 0 bridgehead atoms. The van der Waals surface area contributed by atoms with Gasteiger partial charge in [-0.1, -0.05) is 107 Å². The second-order valence-electron chi connectivity index (χ2n) is 10.9. The van der Waals surface area contributed by atoms with Crippen LogP contribution in [0.25, 0.3) is 43.4 Å². The topological polar surface area (TPSA) is 0 Å². The Balaban J connectivity index is 0.000000269. The van der Waals surface area contributed by atoms with Crippen LogP contribution in [0.3, 0.4) is 0 Å². The van der Waals surface area contributed by atoms with Crippen molar-refractivity contribution in [2.45, 2.75) is 46.0 Å². The SMILES string of the molecule is CC(C)c1cc2c(-c3ccc(C(C)(C)C)cc3)cccc2[cH-]1.[CH3-].[CH3-].[Si]=[Zr].c1ccc2c(c1)[cH-]c1ccccc12. The molecule has 0 aromatic heterocycles. The maximum atomic E-state index is 3.06. The van der Waals surface area contributed by atoms with E-state index >= 15 is 0 Å². The molecule has 200 valence electrons. The zero-order chi connectivity index (χ0) is 26.6. The van der Waals surface area contributed by atoms with E-state index in [9.17, 15) is 0 Å². The van der Waals surface area contributed by atoms with Crippen LogP contribution in [0.4, 0.5) is 0 Å².